The minimum Gasteiger partial charge on any atom is -0.508 e. The molecule has 0 aliphatic carbocycles. The van der Waals surface area contributed by atoms with Crippen LogP contribution < -0.4 is 5.32 Å². The van der Waals surface area contributed by atoms with E-state index < -0.39 is 17.6 Å². The molecule has 0 saturated carbocycles. The fourth-order valence-corrected chi connectivity index (χ4v) is 2.35. The van der Waals surface area contributed by atoms with Gasteiger partial charge >= 0.3 is 0 Å². The first kappa shape index (κ1) is 13.7. The molecule has 1 aromatic rings. The molecule has 2 N–H and O–H groups in total. The minimum absolute atomic E-state index is 0.0887. The molecule has 7 heteroatoms. The van der Waals surface area contributed by atoms with Gasteiger partial charge in [0.2, 0.25) is 0 Å². The molecule has 0 aromatic heterocycles. The number of nitro benzene ring substituents is 1. The summed E-state index contributed by atoms with van der Waals surface area (Å²) in [7, 11) is 0. The third-order valence-electron chi connectivity index (χ3n) is 3.31. The van der Waals surface area contributed by atoms with Crippen molar-refractivity contribution in [3.8, 4) is 5.75 Å². The summed E-state index contributed by atoms with van der Waals surface area (Å²) in [4.78, 5) is 12.3. The number of aromatic hydroxyl groups is 1. The zero-order chi connectivity index (χ0) is 13.8. The fraction of sp³-hybridized carbons (Fsp3) is 0.500. The third-order valence-corrected chi connectivity index (χ3v) is 3.31. The number of nitro groups is 1. The maximum absolute atomic E-state index is 13.3. The van der Waals surface area contributed by atoms with Crippen molar-refractivity contribution in [3.63, 3.8) is 0 Å². The van der Waals surface area contributed by atoms with E-state index in [0.29, 0.717) is 13.1 Å². The average molecular weight is 269 g/mol. The van der Waals surface area contributed by atoms with E-state index >= 15 is 0 Å². The first-order valence-corrected chi connectivity index (χ1v) is 6.11. The van der Waals surface area contributed by atoms with Crippen molar-refractivity contribution in [2.24, 2.45) is 0 Å². The Morgan fingerprint density at radius 2 is 2.16 bits per heavy atom. The standard InChI is InChI=1S/C12H16FN3O3/c13-8-12(15-5-3-14-4-6-15)10-7-9(17)1-2-11(10)16(18)19/h1-2,7,12,14,17H,3-6,8H2/t12-/m0/s1. The normalized spacial score (nSPS) is 18.2. The molecule has 104 valence electrons. The molecule has 0 unspecified atom stereocenters. The van der Waals surface area contributed by atoms with Crippen LogP contribution in [-0.2, 0) is 0 Å². The molecule has 2 rings (SSSR count). The summed E-state index contributed by atoms with van der Waals surface area (Å²) in [6.45, 7) is 1.99. The van der Waals surface area contributed by atoms with Crippen molar-refractivity contribution in [2.45, 2.75) is 6.04 Å². The van der Waals surface area contributed by atoms with Crippen LogP contribution in [0.15, 0.2) is 18.2 Å². The highest BCUT2D eigenvalue weighted by Crippen LogP contribution is 2.32. The largest absolute Gasteiger partial charge is 0.508 e. The lowest BCUT2D eigenvalue weighted by molar-refractivity contribution is -0.386. The Morgan fingerprint density at radius 1 is 1.47 bits per heavy atom. The van der Waals surface area contributed by atoms with Crippen molar-refractivity contribution < 1.29 is 14.4 Å². The lowest BCUT2D eigenvalue weighted by Gasteiger charge is -2.33. The Hall–Kier alpha value is -1.73. The van der Waals surface area contributed by atoms with Crippen molar-refractivity contribution in [3.05, 3.63) is 33.9 Å². The summed E-state index contributed by atoms with van der Waals surface area (Å²) in [5.74, 6) is -0.0887. The van der Waals surface area contributed by atoms with Gasteiger partial charge in [-0.05, 0) is 12.1 Å². The number of hydrogen-bond donors (Lipinski definition) is 2. The predicted molar refractivity (Wildman–Crippen MR) is 67.9 cm³/mol. The predicted octanol–water partition coefficient (Wildman–Crippen LogP) is 1.22. The molecule has 1 aromatic carbocycles. The number of benzene rings is 1. The number of hydrogen-bond acceptors (Lipinski definition) is 5. The van der Waals surface area contributed by atoms with Gasteiger partial charge in [-0.2, -0.15) is 0 Å². The van der Waals surface area contributed by atoms with Gasteiger partial charge in [0.25, 0.3) is 5.69 Å². The number of rotatable bonds is 4. The van der Waals surface area contributed by atoms with Crippen LogP contribution in [0.5, 0.6) is 5.75 Å². The van der Waals surface area contributed by atoms with Gasteiger partial charge in [0.15, 0.2) is 0 Å². The molecular formula is C12H16FN3O3. The highest BCUT2D eigenvalue weighted by molar-refractivity contribution is 5.46. The Balaban J connectivity index is 2.35. The van der Waals surface area contributed by atoms with Gasteiger partial charge in [-0.15, -0.1) is 0 Å². The zero-order valence-corrected chi connectivity index (χ0v) is 10.4. The molecule has 6 nitrogen and oxygen atoms in total. The second-order valence-electron chi connectivity index (χ2n) is 4.46. The monoisotopic (exact) mass is 269 g/mol. The van der Waals surface area contributed by atoms with Crippen LogP contribution in [0.1, 0.15) is 11.6 Å². The van der Waals surface area contributed by atoms with E-state index in [-0.39, 0.29) is 17.0 Å². The first-order valence-electron chi connectivity index (χ1n) is 6.11. The van der Waals surface area contributed by atoms with Gasteiger partial charge in [-0.1, -0.05) is 0 Å². The number of halogens is 1. The molecule has 1 fully saturated rings. The first-order chi connectivity index (χ1) is 9.13. The Bertz CT molecular complexity index is 464. The number of piperazine rings is 1. The van der Waals surface area contributed by atoms with Crippen LogP contribution >= 0.6 is 0 Å². The molecule has 0 bridgehead atoms. The smallest absolute Gasteiger partial charge is 0.274 e. The van der Waals surface area contributed by atoms with Gasteiger partial charge in [0.1, 0.15) is 12.4 Å². The van der Waals surface area contributed by atoms with Gasteiger partial charge in [0.05, 0.1) is 16.5 Å². The summed E-state index contributed by atoms with van der Waals surface area (Å²) in [5, 5.41) is 23.6. The Kier molecular flexibility index (Phi) is 4.28. The van der Waals surface area contributed by atoms with Crippen LogP contribution in [-0.4, -0.2) is 47.8 Å². The lowest BCUT2D eigenvalue weighted by Crippen LogP contribution is -2.45. The number of phenols is 1. The average Bonchev–Trinajstić information content (AvgIpc) is 2.40. The van der Waals surface area contributed by atoms with E-state index in [1.165, 1.54) is 18.2 Å². The number of phenolic OH excluding ortho intramolecular Hbond substituents is 1. The molecule has 1 aliphatic heterocycles. The van der Waals surface area contributed by atoms with Gasteiger partial charge in [-0.25, -0.2) is 4.39 Å². The van der Waals surface area contributed by atoms with Crippen molar-refractivity contribution in [1.82, 2.24) is 10.2 Å². The SMILES string of the molecule is O=[N+]([O-])c1ccc(O)cc1[C@H](CF)N1CCNCC1. The maximum Gasteiger partial charge on any atom is 0.274 e. The van der Waals surface area contributed by atoms with E-state index in [9.17, 15) is 19.6 Å². The molecule has 0 radical (unpaired) electrons. The van der Waals surface area contributed by atoms with Crippen LogP contribution in [0, 0.1) is 10.1 Å². The molecule has 19 heavy (non-hydrogen) atoms. The second kappa shape index (κ2) is 5.94. The van der Waals surface area contributed by atoms with E-state index in [4.69, 9.17) is 0 Å². The van der Waals surface area contributed by atoms with Gasteiger partial charge in [0, 0.05) is 32.2 Å². The molecule has 1 atom stereocenters. The second-order valence-corrected chi connectivity index (χ2v) is 4.46. The summed E-state index contributed by atoms with van der Waals surface area (Å²) in [5.41, 5.74) is 0.0772. The molecule has 0 spiro atoms. The lowest BCUT2D eigenvalue weighted by atomic mass is 10.0. The summed E-state index contributed by atoms with van der Waals surface area (Å²) < 4.78 is 13.3. The van der Waals surface area contributed by atoms with Gasteiger partial charge in [-0.3, -0.25) is 15.0 Å². The van der Waals surface area contributed by atoms with E-state index in [0.717, 1.165) is 13.1 Å². The quantitative estimate of drug-likeness (QED) is 0.634. The van der Waals surface area contributed by atoms with Crippen molar-refractivity contribution in [2.75, 3.05) is 32.9 Å². The van der Waals surface area contributed by atoms with E-state index in [1.54, 1.807) is 0 Å². The summed E-state index contributed by atoms with van der Waals surface area (Å²) >= 11 is 0. The highest BCUT2D eigenvalue weighted by Gasteiger charge is 2.28. The highest BCUT2D eigenvalue weighted by atomic mass is 19.1. The molecule has 1 heterocycles. The molecular weight excluding hydrogens is 253 g/mol. The van der Waals surface area contributed by atoms with Crippen LogP contribution in [0.3, 0.4) is 0 Å². The van der Waals surface area contributed by atoms with Gasteiger partial charge < -0.3 is 10.4 Å². The zero-order valence-electron chi connectivity index (χ0n) is 10.4. The minimum atomic E-state index is -0.718. The molecule has 1 saturated heterocycles. The Labute approximate surface area is 110 Å². The van der Waals surface area contributed by atoms with Crippen LogP contribution in [0.2, 0.25) is 0 Å². The number of alkyl halides is 1. The van der Waals surface area contributed by atoms with Crippen molar-refractivity contribution >= 4 is 5.69 Å². The molecule has 1 aliphatic rings. The number of nitrogens with zero attached hydrogens (tertiary/aromatic N) is 2. The van der Waals surface area contributed by atoms with E-state index in [2.05, 4.69) is 5.32 Å². The third kappa shape index (κ3) is 2.99. The summed E-state index contributed by atoms with van der Waals surface area (Å²) in [6, 6.07) is 3.06. The van der Waals surface area contributed by atoms with Crippen molar-refractivity contribution in [1.29, 1.82) is 0 Å². The van der Waals surface area contributed by atoms with E-state index in [1.807, 2.05) is 4.90 Å². The number of nitrogens with one attached hydrogen (secondary N) is 1. The molecule has 0 amide bonds. The topological polar surface area (TPSA) is 78.6 Å². The van der Waals surface area contributed by atoms with Crippen LogP contribution in [0.4, 0.5) is 10.1 Å². The fourth-order valence-electron chi connectivity index (χ4n) is 2.35. The van der Waals surface area contributed by atoms with Crippen LogP contribution in [0.25, 0.3) is 0 Å². The Morgan fingerprint density at radius 3 is 2.74 bits per heavy atom. The maximum atomic E-state index is 13.3. The summed E-state index contributed by atoms with van der Waals surface area (Å²) in [6.07, 6.45) is 0.